The maximum absolute atomic E-state index is 5.18. The van der Waals surface area contributed by atoms with Crippen LogP contribution in [0, 0.1) is 27.7 Å². The molecule has 5 heteroatoms. The average Bonchev–Trinajstić information content (AvgIpc) is 2.56. The standard InChI is InChI=1S/C13H18N4O/c1-7-6-12(16-11(5)14-7)15-8(2)13-9(3)17-18-10(13)4/h6,8H,1-5H3,(H,14,15,16). The number of hydrogen-bond acceptors (Lipinski definition) is 5. The first-order valence-corrected chi connectivity index (χ1v) is 5.99. The second-order valence-corrected chi connectivity index (χ2v) is 4.55. The molecule has 0 amide bonds. The van der Waals surface area contributed by atoms with Gasteiger partial charge in [0.2, 0.25) is 0 Å². The first kappa shape index (κ1) is 12.5. The molecule has 0 saturated heterocycles. The van der Waals surface area contributed by atoms with Crippen LogP contribution in [-0.4, -0.2) is 15.1 Å². The summed E-state index contributed by atoms with van der Waals surface area (Å²) < 4.78 is 5.18. The Morgan fingerprint density at radius 2 is 1.89 bits per heavy atom. The third-order valence-corrected chi connectivity index (χ3v) is 2.85. The smallest absolute Gasteiger partial charge is 0.139 e. The molecule has 0 aliphatic carbocycles. The second kappa shape index (κ2) is 4.76. The van der Waals surface area contributed by atoms with Gasteiger partial charge in [0.1, 0.15) is 17.4 Å². The summed E-state index contributed by atoms with van der Waals surface area (Å²) in [7, 11) is 0. The van der Waals surface area contributed by atoms with Gasteiger partial charge in [-0.2, -0.15) is 0 Å². The van der Waals surface area contributed by atoms with Gasteiger partial charge in [0, 0.05) is 17.3 Å². The fourth-order valence-corrected chi connectivity index (χ4v) is 2.19. The molecule has 2 aromatic rings. The summed E-state index contributed by atoms with van der Waals surface area (Å²) in [6, 6.07) is 2.03. The molecule has 2 aromatic heterocycles. The zero-order valence-corrected chi connectivity index (χ0v) is 11.4. The number of hydrogen-bond donors (Lipinski definition) is 1. The lowest BCUT2D eigenvalue weighted by Crippen LogP contribution is -2.10. The average molecular weight is 246 g/mol. The minimum absolute atomic E-state index is 0.102. The van der Waals surface area contributed by atoms with E-state index in [1.54, 1.807) is 0 Å². The molecule has 0 saturated carbocycles. The minimum atomic E-state index is 0.102. The van der Waals surface area contributed by atoms with Gasteiger partial charge in [-0.1, -0.05) is 5.16 Å². The molecule has 96 valence electrons. The molecular formula is C13H18N4O. The van der Waals surface area contributed by atoms with Crippen LogP contribution in [0.25, 0.3) is 0 Å². The van der Waals surface area contributed by atoms with Gasteiger partial charge >= 0.3 is 0 Å². The topological polar surface area (TPSA) is 63.8 Å². The maximum atomic E-state index is 5.18. The molecule has 0 fully saturated rings. The van der Waals surface area contributed by atoms with Crippen LogP contribution in [0.1, 0.15) is 41.5 Å². The molecule has 18 heavy (non-hydrogen) atoms. The Kier molecular flexibility index (Phi) is 3.32. The lowest BCUT2D eigenvalue weighted by Gasteiger charge is -2.14. The fraction of sp³-hybridized carbons (Fsp3) is 0.462. The van der Waals surface area contributed by atoms with Crippen molar-refractivity contribution in [2.45, 2.75) is 40.7 Å². The Balaban J connectivity index is 2.24. The van der Waals surface area contributed by atoms with Crippen LogP contribution < -0.4 is 5.32 Å². The van der Waals surface area contributed by atoms with Crippen LogP contribution >= 0.6 is 0 Å². The van der Waals surface area contributed by atoms with E-state index in [4.69, 9.17) is 4.52 Å². The monoisotopic (exact) mass is 246 g/mol. The van der Waals surface area contributed by atoms with Crippen molar-refractivity contribution in [1.82, 2.24) is 15.1 Å². The molecule has 0 spiro atoms. The predicted molar refractivity (Wildman–Crippen MR) is 69.5 cm³/mol. The summed E-state index contributed by atoms with van der Waals surface area (Å²) in [5.41, 5.74) is 2.95. The van der Waals surface area contributed by atoms with Crippen LogP contribution in [0.15, 0.2) is 10.6 Å². The summed E-state index contributed by atoms with van der Waals surface area (Å²) >= 11 is 0. The highest BCUT2D eigenvalue weighted by Crippen LogP contribution is 2.24. The van der Waals surface area contributed by atoms with E-state index in [-0.39, 0.29) is 6.04 Å². The van der Waals surface area contributed by atoms with Crippen molar-refractivity contribution in [3.8, 4) is 0 Å². The molecule has 0 aromatic carbocycles. The van der Waals surface area contributed by atoms with Crippen molar-refractivity contribution < 1.29 is 4.52 Å². The van der Waals surface area contributed by atoms with Crippen LogP contribution in [0.5, 0.6) is 0 Å². The minimum Gasteiger partial charge on any atom is -0.363 e. The summed E-state index contributed by atoms with van der Waals surface area (Å²) in [6.07, 6.45) is 0. The number of nitrogens with one attached hydrogen (secondary N) is 1. The summed E-state index contributed by atoms with van der Waals surface area (Å²) in [4.78, 5) is 8.63. The van der Waals surface area contributed by atoms with E-state index in [9.17, 15) is 0 Å². The van der Waals surface area contributed by atoms with Crippen LogP contribution in [-0.2, 0) is 0 Å². The summed E-state index contributed by atoms with van der Waals surface area (Å²) in [6.45, 7) is 9.78. The first-order chi connectivity index (χ1) is 8.47. The van der Waals surface area contributed by atoms with Gasteiger partial charge in [0.05, 0.1) is 11.7 Å². The number of anilines is 1. The normalized spacial score (nSPS) is 12.5. The predicted octanol–water partition coefficient (Wildman–Crippen LogP) is 2.87. The van der Waals surface area contributed by atoms with Gasteiger partial charge in [0.15, 0.2) is 0 Å². The fourth-order valence-electron chi connectivity index (χ4n) is 2.19. The third-order valence-electron chi connectivity index (χ3n) is 2.85. The second-order valence-electron chi connectivity index (χ2n) is 4.55. The van der Waals surface area contributed by atoms with Crippen LogP contribution in [0.4, 0.5) is 5.82 Å². The molecule has 2 rings (SSSR count). The van der Waals surface area contributed by atoms with Crippen LogP contribution in [0.2, 0.25) is 0 Å². The van der Waals surface area contributed by atoms with Crippen molar-refractivity contribution in [3.05, 3.63) is 34.6 Å². The molecule has 0 aliphatic heterocycles. The van der Waals surface area contributed by atoms with Crippen molar-refractivity contribution in [1.29, 1.82) is 0 Å². The van der Waals surface area contributed by atoms with E-state index in [0.717, 1.165) is 34.4 Å². The van der Waals surface area contributed by atoms with Crippen molar-refractivity contribution in [2.75, 3.05) is 5.32 Å². The molecule has 1 unspecified atom stereocenters. The Morgan fingerprint density at radius 1 is 1.17 bits per heavy atom. The van der Waals surface area contributed by atoms with E-state index in [1.807, 2.05) is 33.8 Å². The molecule has 5 nitrogen and oxygen atoms in total. The zero-order valence-electron chi connectivity index (χ0n) is 11.4. The van der Waals surface area contributed by atoms with Crippen molar-refractivity contribution in [3.63, 3.8) is 0 Å². The van der Waals surface area contributed by atoms with Crippen molar-refractivity contribution in [2.24, 2.45) is 0 Å². The van der Waals surface area contributed by atoms with Gasteiger partial charge in [-0.05, 0) is 34.6 Å². The molecule has 1 N–H and O–H groups in total. The van der Waals surface area contributed by atoms with E-state index in [0.29, 0.717) is 0 Å². The molecule has 0 bridgehead atoms. The largest absolute Gasteiger partial charge is 0.363 e. The molecule has 0 radical (unpaired) electrons. The summed E-state index contributed by atoms with van der Waals surface area (Å²) in [5.74, 6) is 2.44. The Morgan fingerprint density at radius 3 is 2.44 bits per heavy atom. The molecule has 2 heterocycles. The third kappa shape index (κ3) is 2.50. The zero-order chi connectivity index (χ0) is 13.3. The van der Waals surface area contributed by atoms with Crippen LogP contribution in [0.3, 0.4) is 0 Å². The highest BCUT2D eigenvalue weighted by atomic mass is 16.5. The summed E-state index contributed by atoms with van der Waals surface area (Å²) in [5, 5.41) is 7.32. The number of aromatic nitrogens is 3. The van der Waals surface area contributed by atoms with Gasteiger partial charge < -0.3 is 9.84 Å². The number of rotatable bonds is 3. The quantitative estimate of drug-likeness (QED) is 0.902. The van der Waals surface area contributed by atoms with Gasteiger partial charge in [-0.25, -0.2) is 9.97 Å². The maximum Gasteiger partial charge on any atom is 0.139 e. The number of aryl methyl sites for hydroxylation is 4. The lowest BCUT2D eigenvalue weighted by atomic mass is 10.1. The van der Waals surface area contributed by atoms with E-state index in [2.05, 4.69) is 27.4 Å². The SMILES string of the molecule is Cc1cc(NC(C)c2c(C)noc2C)nc(C)n1. The van der Waals surface area contributed by atoms with E-state index >= 15 is 0 Å². The van der Waals surface area contributed by atoms with Crippen molar-refractivity contribution >= 4 is 5.82 Å². The highest BCUT2D eigenvalue weighted by molar-refractivity contribution is 5.40. The Bertz CT molecular complexity index is 522. The van der Waals surface area contributed by atoms with E-state index < -0.39 is 0 Å². The van der Waals surface area contributed by atoms with Gasteiger partial charge in [-0.3, -0.25) is 0 Å². The number of nitrogens with zero attached hydrogens (tertiary/aromatic N) is 3. The first-order valence-electron chi connectivity index (χ1n) is 5.99. The molecular weight excluding hydrogens is 228 g/mol. The lowest BCUT2D eigenvalue weighted by molar-refractivity contribution is 0.392. The van der Waals surface area contributed by atoms with Gasteiger partial charge in [0.25, 0.3) is 0 Å². The Labute approximate surface area is 107 Å². The molecule has 0 aliphatic rings. The molecule has 1 atom stereocenters. The highest BCUT2D eigenvalue weighted by Gasteiger charge is 2.16. The van der Waals surface area contributed by atoms with E-state index in [1.165, 1.54) is 0 Å². The van der Waals surface area contributed by atoms with Gasteiger partial charge in [-0.15, -0.1) is 0 Å². The Hall–Kier alpha value is -1.91.